The zero-order chi connectivity index (χ0) is 9.78. The third-order valence-electron chi connectivity index (χ3n) is 0.966. The maximum Gasteiger partial charge on any atom is 0.334 e. The number of carbonyl (C=O) groups excluding carboxylic acids is 1. The Morgan fingerprint density at radius 2 is 2.17 bits per heavy atom. The van der Waals surface area contributed by atoms with E-state index in [9.17, 15) is 13.2 Å². The smallest absolute Gasteiger partial charge is 0.334 e. The topological polar surface area (TPSA) is 92.7 Å². The second-order valence-electron chi connectivity index (χ2n) is 2.07. The Kier molecular flexibility index (Phi) is 4.15. The summed E-state index contributed by atoms with van der Waals surface area (Å²) in [4.78, 5) is 10.8. The molecule has 0 amide bonds. The van der Waals surface area contributed by atoms with E-state index in [4.69, 9.17) is 4.55 Å². The van der Waals surface area contributed by atoms with Crippen LogP contribution in [0.25, 0.3) is 0 Å². The standard InChI is InChI=1S/C5H11NO5S/c1-3-11-5(7)4(2)6-12(8,9)10/h4,6H,3H2,1-2H3,(H,8,9,10)/t4-/m0/s1. The molecule has 0 unspecified atom stereocenters. The van der Waals surface area contributed by atoms with Crippen LogP contribution >= 0.6 is 0 Å². The second kappa shape index (κ2) is 4.39. The van der Waals surface area contributed by atoms with Crippen LogP contribution in [0.4, 0.5) is 0 Å². The van der Waals surface area contributed by atoms with E-state index < -0.39 is 22.3 Å². The monoisotopic (exact) mass is 197 g/mol. The van der Waals surface area contributed by atoms with E-state index in [0.29, 0.717) is 0 Å². The van der Waals surface area contributed by atoms with Gasteiger partial charge in [-0.1, -0.05) is 0 Å². The zero-order valence-electron chi connectivity index (χ0n) is 6.77. The fraction of sp³-hybridized carbons (Fsp3) is 0.800. The lowest BCUT2D eigenvalue weighted by Gasteiger charge is -2.09. The van der Waals surface area contributed by atoms with Gasteiger partial charge in [0.15, 0.2) is 0 Å². The van der Waals surface area contributed by atoms with Crippen molar-refractivity contribution in [3.8, 4) is 0 Å². The van der Waals surface area contributed by atoms with E-state index in [1.807, 2.05) is 0 Å². The SMILES string of the molecule is CCOC(=O)[C@H](C)NS(=O)(=O)O. The molecule has 0 aromatic carbocycles. The highest BCUT2D eigenvalue weighted by atomic mass is 32.2. The number of hydrogen-bond acceptors (Lipinski definition) is 4. The van der Waals surface area contributed by atoms with E-state index in [-0.39, 0.29) is 6.61 Å². The maximum atomic E-state index is 10.8. The quantitative estimate of drug-likeness (QED) is 0.460. The zero-order valence-corrected chi connectivity index (χ0v) is 7.59. The normalized spacial score (nSPS) is 13.9. The minimum atomic E-state index is -4.34. The second-order valence-corrected chi connectivity index (χ2v) is 3.25. The van der Waals surface area contributed by atoms with Crippen molar-refractivity contribution in [1.29, 1.82) is 0 Å². The first-order chi connectivity index (χ1) is 5.37. The predicted molar refractivity (Wildman–Crippen MR) is 40.8 cm³/mol. The summed E-state index contributed by atoms with van der Waals surface area (Å²) in [6, 6.07) is -1.07. The van der Waals surface area contributed by atoms with Gasteiger partial charge < -0.3 is 4.74 Å². The average molecular weight is 197 g/mol. The summed E-state index contributed by atoms with van der Waals surface area (Å²) in [7, 11) is -4.34. The van der Waals surface area contributed by atoms with Gasteiger partial charge in [-0.25, -0.2) is 0 Å². The fourth-order valence-corrected chi connectivity index (χ4v) is 1.08. The summed E-state index contributed by atoms with van der Waals surface area (Å²) in [6.07, 6.45) is 0. The van der Waals surface area contributed by atoms with Crippen molar-refractivity contribution in [2.24, 2.45) is 0 Å². The van der Waals surface area contributed by atoms with Gasteiger partial charge in [-0.05, 0) is 13.8 Å². The molecule has 0 bridgehead atoms. The molecule has 0 aliphatic rings. The molecule has 0 spiro atoms. The molecule has 0 aromatic heterocycles. The molecule has 1 atom stereocenters. The van der Waals surface area contributed by atoms with Crippen LogP contribution < -0.4 is 4.72 Å². The van der Waals surface area contributed by atoms with Crippen molar-refractivity contribution in [2.75, 3.05) is 6.61 Å². The van der Waals surface area contributed by atoms with Gasteiger partial charge in [0, 0.05) is 0 Å². The van der Waals surface area contributed by atoms with E-state index in [2.05, 4.69) is 4.74 Å². The van der Waals surface area contributed by atoms with Gasteiger partial charge >= 0.3 is 16.3 Å². The number of nitrogens with one attached hydrogen (secondary N) is 1. The van der Waals surface area contributed by atoms with Crippen LogP contribution in [0.1, 0.15) is 13.8 Å². The first kappa shape index (κ1) is 11.3. The molecule has 0 saturated carbocycles. The first-order valence-electron chi connectivity index (χ1n) is 3.28. The summed E-state index contributed by atoms with van der Waals surface area (Å²) >= 11 is 0. The molecule has 7 heteroatoms. The Labute approximate surface area is 70.8 Å². The van der Waals surface area contributed by atoms with Crippen LogP contribution in [0.5, 0.6) is 0 Å². The van der Waals surface area contributed by atoms with Crippen LogP contribution in [0, 0.1) is 0 Å². The molecule has 0 aliphatic heterocycles. The Morgan fingerprint density at radius 3 is 2.50 bits per heavy atom. The van der Waals surface area contributed by atoms with Crippen LogP contribution in [-0.4, -0.2) is 31.6 Å². The molecule has 72 valence electrons. The Morgan fingerprint density at radius 1 is 1.67 bits per heavy atom. The molecule has 0 radical (unpaired) electrons. The van der Waals surface area contributed by atoms with E-state index in [1.54, 1.807) is 11.6 Å². The summed E-state index contributed by atoms with van der Waals surface area (Å²) < 4.78 is 34.8. The number of rotatable bonds is 4. The molecular formula is C5H11NO5S. The van der Waals surface area contributed by atoms with Gasteiger partial charge in [-0.2, -0.15) is 13.1 Å². The molecule has 12 heavy (non-hydrogen) atoms. The molecule has 0 rings (SSSR count). The molecule has 0 aliphatic carbocycles. The number of carbonyl (C=O) groups is 1. The molecule has 0 heterocycles. The van der Waals surface area contributed by atoms with Gasteiger partial charge in [-0.3, -0.25) is 9.35 Å². The molecule has 6 nitrogen and oxygen atoms in total. The Bertz CT molecular complexity index is 247. The van der Waals surface area contributed by atoms with Gasteiger partial charge in [0.1, 0.15) is 6.04 Å². The summed E-state index contributed by atoms with van der Waals surface area (Å²) in [5.74, 6) is -0.727. The highest BCUT2D eigenvalue weighted by Gasteiger charge is 2.18. The van der Waals surface area contributed by atoms with E-state index >= 15 is 0 Å². The lowest BCUT2D eigenvalue weighted by atomic mass is 10.4. The fourth-order valence-electron chi connectivity index (χ4n) is 0.539. The highest BCUT2D eigenvalue weighted by Crippen LogP contribution is 1.89. The highest BCUT2D eigenvalue weighted by molar-refractivity contribution is 7.83. The third-order valence-corrected chi connectivity index (χ3v) is 1.62. The number of ether oxygens (including phenoxy) is 1. The molecular weight excluding hydrogens is 186 g/mol. The first-order valence-corrected chi connectivity index (χ1v) is 4.72. The van der Waals surface area contributed by atoms with Crippen LogP contribution in [0.2, 0.25) is 0 Å². The van der Waals surface area contributed by atoms with Crippen molar-refractivity contribution in [3.05, 3.63) is 0 Å². The minimum absolute atomic E-state index is 0.163. The lowest BCUT2D eigenvalue weighted by Crippen LogP contribution is -2.39. The van der Waals surface area contributed by atoms with Crippen molar-refractivity contribution in [3.63, 3.8) is 0 Å². The molecule has 2 N–H and O–H groups in total. The molecule has 0 saturated heterocycles. The number of esters is 1. The van der Waals surface area contributed by atoms with Gasteiger partial charge in [0.2, 0.25) is 0 Å². The van der Waals surface area contributed by atoms with Crippen molar-refractivity contribution < 1.29 is 22.5 Å². The maximum absolute atomic E-state index is 10.8. The van der Waals surface area contributed by atoms with E-state index in [1.165, 1.54) is 6.92 Å². The predicted octanol–water partition coefficient (Wildman–Crippen LogP) is -0.670. The summed E-state index contributed by atoms with van der Waals surface area (Å²) in [5.41, 5.74) is 0. The lowest BCUT2D eigenvalue weighted by molar-refractivity contribution is -0.144. The Balaban J connectivity index is 4.05. The third kappa shape index (κ3) is 5.05. The summed E-state index contributed by atoms with van der Waals surface area (Å²) in [5, 5.41) is 0. The van der Waals surface area contributed by atoms with Crippen molar-refractivity contribution >= 4 is 16.3 Å². The average Bonchev–Trinajstić information content (AvgIpc) is 1.84. The molecule has 0 fully saturated rings. The van der Waals surface area contributed by atoms with Crippen molar-refractivity contribution in [2.45, 2.75) is 19.9 Å². The van der Waals surface area contributed by atoms with Crippen LogP contribution in [0.3, 0.4) is 0 Å². The summed E-state index contributed by atoms with van der Waals surface area (Å²) in [6.45, 7) is 3.03. The van der Waals surface area contributed by atoms with Gasteiger partial charge in [0.25, 0.3) is 0 Å². The van der Waals surface area contributed by atoms with Crippen molar-refractivity contribution in [1.82, 2.24) is 4.72 Å². The number of hydrogen-bond donors (Lipinski definition) is 2. The minimum Gasteiger partial charge on any atom is -0.465 e. The van der Waals surface area contributed by atoms with Gasteiger partial charge in [-0.15, -0.1) is 0 Å². The van der Waals surface area contributed by atoms with Crippen LogP contribution in [-0.2, 0) is 19.8 Å². The largest absolute Gasteiger partial charge is 0.465 e. The Hall–Kier alpha value is -0.660. The van der Waals surface area contributed by atoms with Crippen LogP contribution in [0.15, 0.2) is 0 Å². The van der Waals surface area contributed by atoms with Gasteiger partial charge in [0.05, 0.1) is 6.61 Å². The molecule has 0 aromatic rings. The van der Waals surface area contributed by atoms with E-state index in [0.717, 1.165) is 0 Å².